The summed E-state index contributed by atoms with van der Waals surface area (Å²) in [6.07, 6.45) is 9.93. The molecule has 0 N–H and O–H groups in total. The molecular weight excluding hydrogens is 440 g/mol. The number of hydrogen-bond acceptors (Lipinski definition) is 8. The van der Waals surface area contributed by atoms with E-state index in [9.17, 15) is 9.59 Å². The van der Waals surface area contributed by atoms with Gasteiger partial charge in [-0.3, -0.25) is 9.59 Å². The van der Waals surface area contributed by atoms with Gasteiger partial charge in [0.2, 0.25) is 0 Å². The number of hydrogen-bond donors (Lipinski definition) is 0. The van der Waals surface area contributed by atoms with Gasteiger partial charge in [0, 0.05) is 6.42 Å². The summed E-state index contributed by atoms with van der Waals surface area (Å²) in [7, 11) is 0. The van der Waals surface area contributed by atoms with Crippen molar-refractivity contribution in [3.63, 3.8) is 0 Å². The van der Waals surface area contributed by atoms with Crippen molar-refractivity contribution in [3.8, 4) is 0 Å². The number of ether oxygens (including phenoxy) is 6. The van der Waals surface area contributed by atoms with Crippen LogP contribution in [0.4, 0.5) is 0 Å². The topological polar surface area (TPSA) is 89.5 Å². The molecule has 0 fully saturated rings. The number of unbranched alkanes of at least 4 members (excludes halogenated alkanes) is 5. The molecule has 0 amide bonds. The third-order valence-corrected chi connectivity index (χ3v) is 5.30. The van der Waals surface area contributed by atoms with E-state index in [4.69, 9.17) is 28.4 Å². The highest BCUT2D eigenvalue weighted by Crippen LogP contribution is 2.14. The Hall–Kier alpha value is -1.22. The van der Waals surface area contributed by atoms with Crippen LogP contribution in [0.15, 0.2) is 0 Å². The van der Waals surface area contributed by atoms with Gasteiger partial charge in [-0.05, 0) is 19.3 Å². The minimum atomic E-state index is -0.147. The Morgan fingerprint density at radius 1 is 0.559 bits per heavy atom. The minimum Gasteiger partial charge on any atom is -0.463 e. The van der Waals surface area contributed by atoms with Gasteiger partial charge in [0.15, 0.2) is 0 Å². The molecule has 0 radical (unpaired) electrons. The van der Waals surface area contributed by atoms with E-state index in [2.05, 4.69) is 13.8 Å². The van der Waals surface area contributed by atoms with Gasteiger partial charge in [-0.25, -0.2) is 0 Å². The summed E-state index contributed by atoms with van der Waals surface area (Å²) in [5, 5.41) is 0. The normalized spacial score (nSPS) is 12.0. The number of esters is 2. The highest BCUT2D eigenvalue weighted by Gasteiger charge is 2.16. The largest absolute Gasteiger partial charge is 0.463 e. The second-order valence-electron chi connectivity index (χ2n) is 8.25. The molecule has 8 heteroatoms. The molecular formula is C26H50O8. The van der Waals surface area contributed by atoms with Gasteiger partial charge in [0.25, 0.3) is 0 Å². The number of carbonyl (C=O) groups excluding carboxylic acids is 2. The van der Waals surface area contributed by atoms with Crippen molar-refractivity contribution in [2.75, 3.05) is 66.1 Å². The summed E-state index contributed by atoms with van der Waals surface area (Å²) >= 11 is 0. The first kappa shape index (κ1) is 32.8. The van der Waals surface area contributed by atoms with E-state index in [1.54, 1.807) is 0 Å². The molecule has 0 saturated carbocycles. The Balaban J connectivity index is 3.28. The van der Waals surface area contributed by atoms with Crippen LogP contribution in [0.25, 0.3) is 0 Å². The van der Waals surface area contributed by atoms with E-state index >= 15 is 0 Å². The smallest absolute Gasteiger partial charge is 0.308 e. The van der Waals surface area contributed by atoms with Crippen molar-refractivity contribution >= 4 is 11.9 Å². The molecule has 0 spiro atoms. The van der Waals surface area contributed by atoms with E-state index in [1.165, 1.54) is 19.3 Å². The summed E-state index contributed by atoms with van der Waals surface area (Å²) < 4.78 is 32.1. The lowest BCUT2D eigenvalue weighted by Gasteiger charge is -2.13. The van der Waals surface area contributed by atoms with Crippen LogP contribution < -0.4 is 0 Å². The van der Waals surface area contributed by atoms with Gasteiger partial charge in [-0.15, -0.1) is 0 Å². The summed E-state index contributed by atoms with van der Waals surface area (Å²) in [5.74, 6) is -0.265. The van der Waals surface area contributed by atoms with Gasteiger partial charge in [-0.1, -0.05) is 59.3 Å². The number of carbonyl (C=O) groups is 2. The monoisotopic (exact) mass is 490 g/mol. The van der Waals surface area contributed by atoms with Crippen molar-refractivity contribution in [1.29, 1.82) is 0 Å². The Morgan fingerprint density at radius 2 is 1.03 bits per heavy atom. The molecule has 0 aliphatic heterocycles. The van der Waals surface area contributed by atoms with Crippen LogP contribution >= 0.6 is 0 Å². The molecule has 34 heavy (non-hydrogen) atoms. The minimum absolute atomic E-state index is 0.00104. The van der Waals surface area contributed by atoms with Crippen molar-refractivity contribution in [2.24, 2.45) is 5.92 Å². The fraction of sp³-hybridized carbons (Fsp3) is 0.923. The molecule has 202 valence electrons. The lowest BCUT2D eigenvalue weighted by atomic mass is 10.00. The van der Waals surface area contributed by atoms with Gasteiger partial charge >= 0.3 is 11.9 Å². The van der Waals surface area contributed by atoms with Crippen LogP contribution in [-0.2, 0) is 38.0 Å². The van der Waals surface area contributed by atoms with E-state index in [1.807, 2.05) is 6.92 Å². The lowest BCUT2D eigenvalue weighted by molar-refractivity contribution is -0.150. The summed E-state index contributed by atoms with van der Waals surface area (Å²) in [4.78, 5) is 23.5. The van der Waals surface area contributed by atoms with Crippen LogP contribution in [0.2, 0.25) is 0 Å². The predicted octanol–water partition coefficient (Wildman–Crippen LogP) is 4.72. The van der Waals surface area contributed by atoms with E-state index in [-0.39, 0.29) is 31.1 Å². The average Bonchev–Trinajstić information content (AvgIpc) is 2.84. The first-order chi connectivity index (χ1) is 16.7. The third-order valence-electron chi connectivity index (χ3n) is 5.30. The van der Waals surface area contributed by atoms with Crippen LogP contribution in [0.3, 0.4) is 0 Å². The maximum Gasteiger partial charge on any atom is 0.308 e. The van der Waals surface area contributed by atoms with Gasteiger partial charge in [-0.2, -0.15) is 0 Å². The van der Waals surface area contributed by atoms with Crippen molar-refractivity contribution in [2.45, 2.75) is 85.0 Å². The fourth-order valence-electron chi connectivity index (χ4n) is 3.18. The molecule has 0 rings (SSSR count). The van der Waals surface area contributed by atoms with Crippen molar-refractivity contribution in [1.82, 2.24) is 0 Å². The molecule has 1 atom stereocenters. The molecule has 8 nitrogen and oxygen atoms in total. The first-order valence-electron chi connectivity index (χ1n) is 13.3. The molecule has 1 unspecified atom stereocenters. The van der Waals surface area contributed by atoms with Crippen molar-refractivity contribution < 1.29 is 38.0 Å². The fourth-order valence-corrected chi connectivity index (χ4v) is 3.18. The van der Waals surface area contributed by atoms with Gasteiger partial charge < -0.3 is 28.4 Å². The summed E-state index contributed by atoms with van der Waals surface area (Å²) in [6.45, 7) is 10.4. The molecule has 0 aliphatic rings. The zero-order valence-corrected chi connectivity index (χ0v) is 22.0. The SMILES string of the molecule is CCCCCCCC(=O)OCCOCCOCCOCCOCCOC(=O)C(CC)CCCC. The summed E-state index contributed by atoms with van der Waals surface area (Å²) in [5.41, 5.74) is 0. The zero-order chi connectivity index (χ0) is 25.1. The maximum atomic E-state index is 12.0. The number of rotatable bonds is 26. The Bertz CT molecular complexity index is 458. The summed E-state index contributed by atoms with van der Waals surface area (Å²) in [6, 6.07) is 0. The van der Waals surface area contributed by atoms with Crippen LogP contribution in [-0.4, -0.2) is 78.0 Å². The zero-order valence-electron chi connectivity index (χ0n) is 22.0. The molecule has 0 bridgehead atoms. The molecule has 0 aromatic carbocycles. The second kappa shape index (κ2) is 26.4. The average molecular weight is 491 g/mol. The Morgan fingerprint density at radius 3 is 1.53 bits per heavy atom. The van der Waals surface area contributed by atoms with E-state index in [0.717, 1.165) is 38.5 Å². The third kappa shape index (κ3) is 22.6. The predicted molar refractivity (Wildman–Crippen MR) is 132 cm³/mol. The Kier molecular flexibility index (Phi) is 25.4. The first-order valence-corrected chi connectivity index (χ1v) is 13.3. The molecule has 0 aliphatic carbocycles. The molecule has 0 aromatic heterocycles. The van der Waals surface area contributed by atoms with Gasteiger partial charge in [0.1, 0.15) is 13.2 Å². The van der Waals surface area contributed by atoms with E-state index in [0.29, 0.717) is 59.3 Å². The van der Waals surface area contributed by atoms with Gasteiger partial charge in [0.05, 0.1) is 58.8 Å². The molecule has 0 aromatic rings. The molecule has 0 heterocycles. The highest BCUT2D eigenvalue weighted by molar-refractivity contribution is 5.72. The van der Waals surface area contributed by atoms with Crippen molar-refractivity contribution in [3.05, 3.63) is 0 Å². The van der Waals surface area contributed by atoms with Crippen LogP contribution in [0.5, 0.6) is 0 Å². The quantitative estimate of drug-likeness (QED) is 0.127. The molecule has 0 saturated heterocycles. The second-order valence-corrected chi connectivity index (χ2v) is 8.25. The maximum absolute atomic E-state index is 12.0. The van der Waals surface area contributed by atoms with Crippen LogP contribution in [0.1, 0.15) is 85.0 Å². The highest BCUT2D eigenvalue weighted by atomic mass is 16.6. The standard InChI is InChI=1S/C26H50O8/c1-4-7-9-10-11-13-25(27)33-22-20-31-18-16-29-14-15-30-17-19-32-21-23-34-26(28)24(6-3)12-8-5-2/h24H,4-23H2,1-3H3. The van der Waals surface area contributed by atoms with Crippen LogP contribution in [0, 0.1) is 5.92 Å². The Labute approximate surface area is 207 Å². The lowest BCUT2D eigenvalue weighted by Crippen LogP contribution is -2.20. The van der Waals surface area contributed by atoms with E-state index < -0.39 is 0 Å².